The second-order valence-corrected chi connectivity index (χ2v) is 5.65. The summed E-state index contributed by atoms with van der Waals surface area (Å²) in [6.07, 6.45) is 1.76. The van der Waals surface area contributed by atoms with Crippen molar-refractivity contribution >= 4 is 11.3 Å². The molecule has 0 fully saturated rings. The summed E-state index contributed by atoms with van der Waals surface area (Å²) in [6, 6.07) is 5.17. The molecule has 0 aliphatic carbocycles. The van der Waals surface area contributed by atoms with Gasteiger partial charge in [-0.2, -0.15) is 0 Å². The Morgan fingerprint density at radius 3 is 2.84 bits per heavy atom. The molecular formula is C14H17FN2OS. The molecule has 0 saturated heterocycles. The number of aromatic nitrogens is 1. The van der Waals surface area contributed by atoms with E-state index < -0.39 is 0 Å². The molecule has 0 spiro atoms. The van der Waals surface area contributed by atoms with Crippen LogP contribution in [0.3, 0.4) is 0 Å². The van der Waals surface area contributed by atoms with E-state index in [2.05, 4.69) is 10.3 Å². The molecule has 5 heteroatoms. The maximum absolute atomic E-state index is 13.9. The molecular weight excluding hydrogens is 263 g/mol. The van der Waals surface area contributed by atoms with Crippen molar-refractivity contribution in [1.82, 2.24) is 10.3 Å². The molecule has 19 heavy (non-hydrogen) atoms. The van der Waals surface area contributed by atoms with E-state index in [4.69, 9.17) is 4.74 Å². The van der Waals surface area contributed by atoms with Gasteiger partial charge in [0.15, 0.2) is 11.6 Å². The number of hydrogen-bond donors (Lipinski definition) is 1. The van der Waals surface area contributed by atoms with Gasteiger partial charge in [-0.25, -0.2) is 9.37 Å². The number of rotatable bonds is 5. The molecule has 0 aliphatic heterocycles. The van der Waals surface area contributed by atoms with Crippen LogP contribution < -0.4 is 10.1 Å². The van der Waals surface area contributed by atoms with Gasteiger partial charge >= 0.3 is 0 Å². The van der Waals surface area contributed by atoms with Crippen molar-refractivity contribution in [1.29, 1.82) is 0 Å². The van der Waals surface area contributed by atoms with Crippen molar-refractivity contribution in [2.24, 2.45) is 0 Å². The summed E-state index contributed by atoms with van der Waals surface area (Å²) >= 11 is 1.56. The fourth-order valence-electron chi connectivity index (χ4n) is 1.69. The largest absolute Gasteiger partial charge is 0.485 e. The molecule has 2 aromatic rings. The van der Waals surface area contributed by atoms with Crippen LogP contribution in [0, 0.1) is 12.7 Å². The highest BCUT2D eigenvalue weighted by Crippen LogP contribution is 2.23. The molecule has 102 valence electrons. The van der Waals surface area contributed by atoms with Crippen LogP contribution in [0.2, 0.25) is 0 Å². The molecule has 1 N–H and O–H groups in total. The predicted octanol–water partition coefficient (Wildman–Crippen LogP) is 3.45. The minimum atomic E-state index is -0.333. The summed E-state index contributed by atoms with van der Waals surface area (Å²) in [7, 11) is 1.85. The van der Waals surface area contributed by atoms with Crippen LogP contribution in [0.1, 0.15) is 28.4 Å². The molecule has 0 saturated carbocycles. The Labute approximate surface area is 116 Å². The standard InChI is InChI=1S/C14H17FN2OS/c1-9(16-3)11-4-5-14(13(15)6-11)18-8-12-7-17-10(2)19-12/h4-7,9,16H,8H2,1-3H3. The first-order valence-electron chi connectivity index (χ1n) is 6.11. The fourth-order valence-corrected chi connectivity index (χ4v) is 2.40. The summed E-state index contributed by atoms with van der Waals surface area (Å²) in [4.78, 5) is 5.13. The Hall–Kier alpha value is -1.46. The van der Waals surface area contributed by atoms with Crippen LogP contribution in [0.5, 0.6) is 5.75 Å². The third-order valence-electron chi connectivity index (χ3n) is 2.93. The first-order chi connectivity index (χ1) is 9.10. The number of halogens is 1. The zero-order chi connectivity index (χ0) is 13.8. The smallest absolute Gasteiger partial charge is 0.165 e. The Balaban J connectivity index is 2.05. The maximum atomic E-state index is 13.9. The van der Waals surface area contributed by atoms with Gasteiger partial charge in [0.25, 0.3) is 0 Å². The van der Waals surface area contributed by atoms with Crippen molar-refractivity contribution in [2.45, 2.75) is 26.5 Å². The van der Waals surface area contributed by atoms with E-state index in [-0.39, 0.29) is 17.6 Å². The first kappa shape index (κ1) is 14.0. The number of benzene rings is 1. The van der Waals surface area contributed by atoms with Gasteiger partial charge in [0.2, 0.25) is 0 Å². The molecule has 3 nitrogen and oxygen atoms in total. The van der Waals surface area contributed by atoms with Crippen molar-refractivity contribution in [3.05, 3.63) is 45.7 Å². The molecule has 1 unspecified atom stereocenters. The highest BCUT2D eigenvalue weighted by Gasteiger charge is 2.09. The topological polar surface area (TPSA) is 34.1 Å². The third kappa shape index (κ3) is 3.52. The van der Waals surface area contributed by atoms with Gasteiger partial charge in [-0.3, -0.25) is 0 Å². The van der Waals surface area contributed by atoms with Crippen LogP contribution in [-0.4, -0.2) is 12.0 Å². The number of thiazole rings is 1. The Morgan fingerprint density at radius 1 is 1.47 bits per heavy atom. The van der Waals surface area contributed by atoms with Crippen molar-refractivity contribution in [3.8, 4) is 5.75 Å². The summed E-state index contributed by atoms with van der Waals surface area (Å²) in [5.41, 5.74) is 0.904. The summed E-state index contributed by atoms with van der Waals surface area (Å²) in [5, 5.41) is 4.06. The second kappa shape index (κ2) is 6.12. The Bertz CT molecular complexity index is 556. The summed E-state index contributed by atoms with van der Waals surface area (Å²) < 4.78 is 19.4. The molecule has 1 atom stereocenters. The molecule has 1 aromatic carbocycles. The molecule has 1 aromatic heterocycles. The lowest BCUT2D eigenvalue weighted by atomic mass is 10.1. The van der Waals surface area contributed by atoms with Crippen LogP contribution in [0.25, 0.3) is 0 Å². The van der Waals surface area contributed by atoms with Gasteiger partial charge in [-0.15, -0.1) is 11.3 Å². The Kier molecular flexibility index (Phi) is 4.50. The quantitative estimate of drug-likeness (QED) is 0.911. The molecule has 1 heterocycles. The van der Waals surface area contributed by atoms with E-state index in [0.717, 1.165) is 15.4 Å². The second-order valence-electron chi connectivity index (χ2n) is 4.33. The number of ether oxygens (including phenoxy) is 1. The monoisotopic (exact) mass is 280 g/mol. The van der Waals surface area contributed by atoms with E-state index in [1.54, 1.807) is 23.6 Å². The minimum Gasteiger partial charge on any atom is -0.485 e. The highest BCUT2D eigenvalue weighted by molar-refractivity contribution is 7.11. The van der Waals surface area contributed by atoms with E-state index >= 15 is 0 Å². The predicted molar refractivity (Wildman–Crippen MR) is 75.1 cm³/mol. The lowest BCUT2D eigenvalue weighted by Gasteiger charge is -2.12. The van der Waals surface area contributed by atoms with Crippen molar-refractivity contribution < 1.29 is 9.13 Å². The summed E-state index contributed by atoms with van der Waals surface area (Å²) in [5.74, 6) is -0.0565. The van der Waals surface area contributed by atoms with Gasteiger partial charge in [0, 0.05) is 12.2 Å². The van der Waals surface area contributed by atoms with E-state index in [1.807, 2.05) is 27.0 Å². The molecule has 0 aliphatic rings. The average molecular weight is 280 g/mol. The van der Waals surface area contributed by atoms with Crippen LogP contribution >= 0.6 is 11.3 Å². The Morgan fingerprint density at radius 2 is 2.26 bits per heavy atom. The van der Waals surface area contributed by atoms with E-state index in [0.29, 0.717) is 6.61 Å². The molecule has 0 radical (unpaired) electrons. The first-order valence-corrected chi connectivity index (χ1v) is 6.92. The fraction of sp³-hybridized carbons (Fsp3) is 0.357. The average Bonchev–Trinajstić information content (AvgIpc) is 2.82. The summed E-state index contributed by atoms with van der Waals surface area (Å²) in [6.45, 7) is 4.27. The number of aryl methyl sites for hydroxylation is 1. The maximum Gasteiger partial charge on any atom is 0.165 e. The van der Waals surface area contributed by atoms with Gasteiger partial charge in [-0.05, 0) is 38.6 Å². The normalized spacial score (nSPS) is 12.4. The zero-order valence-corrected chi connectivity index (χ0v) is 12.1. The SMILES string of the molecule is CNC(C)c1ccc(OCc2cnc(C)s2)c(F)c1. The third-order valence-corrected chi connectivity index (χ3v) is 3.81. The van der Waals surface area contributed by atoms with Crippen LogP contribution in [0.4, 0.5) is 4.39 Å². The van der Waals surface area contributed by atoms with Gasteiger partial charge in [-0.1, -0.05) is 6.07 Å². The van der Waals surface area contributed by atoms with Gasteiger partial charge in [0.05, 0.1) is 9.88 Å². The van der Waals surface area contributed by atoms with Crippen LogP contribution in [-0.2, 0) is 6.61 Å². The molecule has 2 rings (SSSR count). The van der Waals surface area contributed by atoms with Gasteiger partial charge < -0.3 is 10.1 Å². The molecule has 0 bridgehead atoms. The van der Waals surface area contributed by atoms with Crippen molar-refractivity contribution in [2.75, 3.05) is 7.05 Å². The minimum absolute atomic E-state index is 0.118. The van der Waals surface area contributed by atoms with E-state index in [9.17, 15) is 4.39 Å². The zero-order valence-electron chi connectivity index (χ0n) is 11.2. The van der Waals surface area contributed by atoms with Gasteiger partial charge in [0.1, 0.15) is 6.61 Å². The van der Waals surface area contributed by atoms with E-state index in [1.165, 1.54) is 6.07 Å². The number of nitrogens with zero attached hydrogens (tertiary/aromatic N) is 1. The number of nitrogens with one attached hydrogen (secondary N) is 1. The lowest BCUT2D eigenvalue weighted by Crippen LogP contribution is -2.12. The molecule has 0 amide bonds. The highest BCUT2D eigenvalue weighted by atomic mass is 32.1. The van der Waals surface area contributed by atoms with Crippen molar-refractivity contribution in [3.63, 3.8) is 0 Å². The lowest BCUT2D eigenvalue weighted by molar-refractivity contribution is 0.293. The van der Waals surface area contributed by atoms with Crippen LogP contribution in [0.15, 0.2) is 24.4 Å². The number of hydrogen-bond acceptors (Lipinski definition) is 4.